The van der Waals surface area contributed by atoms with Crippen LogP contribution in [-0.2, 0) is 9.59 Å². The molecule has 2 fully saturated rings. The maximum Gasteiger partial charge on any atom is 0.323 e. The van der Waals surface area contributed by atoms with Gasteiger partial charge in [-0.15, -0.1) is 16.9 Å². The fourth-order valence-corrected chi connectivity index (χ4v) is 5.57. The van der Waals surface area contributed by atoms with Gasteiger partial charge in [0.2, 0.25) is 11.8 Å². The molecule has 3 heterocycles. The molecular formula is C18H21N9O4S. The van der Waals surface area contributed by atoms with Gasteiger partial charge in [-0.1, -0.05) is 30.3 Å². The van der Waals surface area contributed by atoms with Gasteiger partial charge in [0.25, 0.3) is 0 Å². The van der Waals surface area contributed by atoms with Gasteiger partial charge in [-0.3, -0.25) is 14.9 Å². The summed E-state index contributed by atoms with van der Waals surface area (Å²) in [4.78, 5) is 50.7. The highest BCUT2D eigenvalue weighted by molar-refractivity contribution is 8.01. The fourth-order valence-electron chi connectivity index (χ4n) is 3.93. The molecule has 1 aromatic heterocycles. The second-order valence-corrected chi connectivity index (χ2v) is 9.61. The van der Waals surface area contributed by atoms with Crippen molar-refractivity contribution in [1.82, 2.24) is 41.5 Å². The smallest absolute Gasteiger partial charge is 0.323 e. The summed E-state index contributed by atoms with van der Waals surface area (Å²) >= 11 is 1.52. The van der Waals surface area contributed by atoms with Crippen LogP contribution in [0.1, 0.15) is 37.3 Å². The van der Waals surface area contributed by atoms with Crippen LogP contribution in [0.15, 0.2) is 30.3 Å². The van der Waals surface area contributed by atoms with Crippen LogP contribution in [-0.4, -0.2) is 65.6 Å². The minimum Gasteiger partial charge on any atom is -0.351 e. The second-order valence-electron chi connectivity index (χ2n) is 7.84. The Morgan fingerprint density at radius 3 is 2.59 bits per heavy atom. The number of nitrogens with two attached hydrogens (primary N) is 1. The van der Waals surface area contributed by atoms with E-state index in [-0.39, 0.29) is 17.3 Å². The Bertz CT molecular complexity index is 1050. The number of nitrogens with one attached hydrogen (secondary N) is 4. The average Bonchev–Trinajstić information content (AvgIpc) is 3.34. The summed E-state index contributed by atoms with van der Waals surface area (Å²) < 4.78 is -0.403. The molecule has 6 N–H and O–H groups in total. The Hall–Kier alpha value is -3.68. The van der Waals surface area contributed by atoms with E-state index in [1.807, 2.05) is 19.2 Å². The van der Waals surface area contributed by atoms with Gasteiger partial charge in [-0.05, 0) is 29.8 Å². The first kappa shape index (κ1) is 21.5. The van der Waals surface area contributed by atoms with Gasteiger partial charge >= 0.3 is 12.1 Å². The first-order valence-corrected chi connectivity index (χ1v) is 10.5. The molecule has 0 spiro atoms. The molecule has 3 unspecified atom stereocenters. The molecular weight excluding hydrogens is 438 g/mol. The molecule has 0 saturated carbocycles. The van der Waals surface area contributed by atoms with Gasteiger partial charge in [0.15, 0.2) is 5.82 Å². The van der Waals surface area contributed by atoms with E-state index in [1.165, 1.54) is 11.8 Å². The molecule has 32 heavy (non-hydrogen) atoms. The summed E-state index contributed by atoms with van der Waals surface area (Å²) in [6.07, 6.45) is 0. The summed E-state index contributed by atoms with van der Waals surface area (Å²) in [6.45, 7) is 3.94. The Kier molecular flexibility index (Phi) is 5.46. The summed E-state index contributed by atoms with van der Waals surface area (Å²) in [5.74, 6) is -0.414. The maximum atomic E-state index is 13.1. The number of fused-ring (bicyclic) bond motifs is 1. The number of benzene rings is 1. The van der Waals surface area contributed by atoms with Crippen LogP contribution in [0.25, 0.3) is 0 Å². The highest BCUT2D eigenvalue weighted by atomic mass is 32.2. The van der Waals surface area contributed by atoms with E-state index in [2.05, 4.69) is 31.3 Å². The highest BCUT2D eigenvalue weighted by Gasteiger charge is 2.63. The third kappa shape index (κ3) is 3.84. The van der Waals surface area contributed by atoms with Crippen LogP contribution in [0.3, 0.4) is 0 Å². The van der Waals surface area contributed by atoms with Crippen molar-refractivity contribution in [2.75, 3.05) is 0 Å². The van der Waals surface area contributed by atoms with Crippen LogP contribution >= 0.6 is 11.8 Å². The molecule has 14 heteroatoms. The van der Waals surface area contributed by atoms with E-state index in [0.29, 0.717) is 11.4 Å². The van der Waals surface area contributed by atoms with E-state index < -0.39 is 34.8 Å². The number of aromatic amines is 1. The average molecular weight is 459 g/mol. The third-order valence-electron chi connectivity index (χ3n) is 5.27. The van der Waals surface area contributed by atoms with Crippen molar-refractivity contribution < 1.29 is 19.2 Å². The van der Waals surface area contributed by atoms with Gasteiger partial charge in [0.05, 0.1) is 0 Å². The first-order valence-electron chi connectivity index (χ1n) is 9.65. The minimum atomic E-state index is -1.15. The topological polar surface area (TPSA) is 188 Å². The number of hydrogen-bond acceptors (Lipinski definition) is 8. The quantitative estimate of drug-likeness (QED) is 0.371. The van der Waals surface area contributed by atoms with Crippen LogP contribution in [0.2, 0.25) is 0 Å². The molecule has 0 bridgehead atoms. The Morgan fingerprint density at radius 2 is 1.97 bits per heavy atom. The maximum absolute atomic E-state index is 13.1. The number of primary amides is 1. The Balaban J connectivity index is 1.51. The number of H-pyrrole nitrogens is 1. The predicted molar refractivity (Wildman–Crippen MR) is 112 cm³/mol. The molecule has 2 aliphatic heterocycles. The normalized spacial score (nSPS) is 24.1. The van der Waals surface area contributed by atoms with Crippen molar-refractivity contribution in [2.24, 2.45) is 5.73 Å². The molecule has 2 aromatic rings. The molecule has 1 aromatic carbocycles. The van der Waals surface area contributed by atoms with Gasteiger partial charge in [-0.25, -0.2) is 14.7 Å². The number of β-lactam (4-membered cyclic amide) rings is 1. The van der Waals surface area contributed by atoms with Crippen molar-refractivity contribution >= 4 is 35.6 Å². The first-order chi connectivity index (χ1) is 15.2. The van der Waals surface area contributed by atoms with E-state index in [1.54, 1.807) is 35.2 Å². The number of hydrogen-bond donors (Lipinski definition) is 5. The number of thioether (sulfide) groups is 1. The van der Waals surface area contributed by atoms with Crippen LogP contribution < -0.4 is 21.7 Å². The molecule has 2 saturated heterocycles. The zero-order valence-corrected chi connectivity index (χ0v) is 17.9. The zero-order valence-electron chi connectivity index (χ0n) is 17.1. The van der Waals surface area contributed by atoms with Crippen LogP contribution in [0.4, 0.5) is 9.59 Å². The summed E-state index contributed by atoms with van der Waals surface area (Å²) in [7, 11) is 0. The summed E-state index contributed by atoms with van der Waals surface area (Å²) in [5, 5.41) is 20.5. The number of aromatic nitrogens is 4. The number of nitrogens with zero attached hydrogens (tertiary/aromatic N) is 4. The lowest BCUT2D eigenvalue weighted by Crippen LogP contribution is -2.68. The van der Waals surface area contributed by atoms with E-state index >= 15 is 0 Å². The minimum absolute atomic E-state index is 0.281. The number of rotatable bonds is 5. The van der Waals surface area contributed by atoms with Crippen molar-refractivity contribution in [3.8, 4) is 0 Å². The molecule has 168 valence electrons. The zero-order chi connectivity index (χ0) is 23.0. The molecule has 0 aliphatic carbocycles. The highest BCUT2D eigenvalue weighted by Crippen LogP contribution is 2.56. The lowest BCUT2D eigenvalue weighted by Gasteiger charge is -2.44. The fraction of sp³-hybridized carbons (Fsp3) is 0.389. The van der Waals surface area contributed by atoms with Crippen molar-refractivity contribution in [2.45, 2.75) is 42.1 Å². The van der Waals surface area contributed by atoms with E-state index in [4.69, 9.17) is 5.73 Å². The van der Waals surface area contributed by atoms with E-state index in [9.17, 15) is 19.2 Å². The number of amides is 6. The Labute approximate surface area is 186 Å². The van der Waals surface area contributed by atoms with Crippen LogP contribution in [0.5, 0.6) is 0 Å². The lowest BCUT2D eigenvalue weighted by atomic mass is 9.95. The van der Waals surface area contributed by atoms with Crippen LogP contribution in [0, 0.1) is 0 Å². The molecule has 4 atom stereocenters. The molecule has 0 radical (unpaired) electrons. The number of carbonyl (C=O) groups excluding carboxylic acids is 4. The number of urea groups is 2. The number of carbonyl (C=O) groups is 4. The molecule has 6 amide bonds. The van der Waals surface area contributed by atoms with Gasteiger partial charge in [-0.2, -0.15) is 0 Å². The summed E-state index contributed by atoms with van der Waals surface area (Å²) in [5.41, 5.74) is 5.44. The number of tetrazole rings is 1. The monoisotopic (exact) mass is 459 g/mol. The predicted octanol–water partition coefficient (Wildman–Crippen LogP) is -0.461. The van der Waals surface area contributed by atoms with Crippen molar-refractivity contribution in [3.05, 3.63) is 41.7 Å². The second kappa shape index (κ2) is 8.11. The molecule has 2 aliphatic rings. The van der Waals surface area contributed by atoms with E-state index in [0.717, 1.165) is 0 Å². The third-order valence-corrected chi connectivity index (χ3v) is 6.84. The largest absolute Gasteiger partial charge is 0.351 e. The van der Waals surface area contributed by atoms with Gasteiger partial charge in [0.1, 0.15) is 23.5 Å². The standard InChI is InChI=1S/C18H21N9O4S/c1-18(2)11(12-23-25-26-24-12)27-14(29)10(15(27)32-18)20-13(28)9(8-6-4-3-5-7-8)21-17(31)22-16(19)30/h3-7,9-11,15H,1-2H3,(H,20,28)(H,23,24,25,26)(H4,19,21,22,30,31)/t9?,10?,11?,15-/m0/s1. The lowest BCUT2D eigenvalue weighted by molar-refractivity contribution is -0.152. The van der Waals surface area contributed by atoms with Gasteiger partial charge < -0.3 is 21.3 Å². The number of imide groups is 1. The SMILES string of the molecule is CC1(C)S[C@H]2C(NC(=O)C(NC(=O)NC(N)=O)c3ccccc3)C(=O)N2C1c1nnn[nH]1. The van der Waals surface area contributed by atoms with Crippen molar-refractivity contribution in [3.63, 3.8) is 0 Å². The Morgan fingerprint density at radius 1 is 1.25 bits per heavy atom. The summed E-state index contributed by atoms with van der Waals surface area (Å²) in [6, 6.07) is 4.13. The van der Waals surface area contributed by atoms with Gasteiger partial charge in [0, 0.05) is 4.75 Å². The molecule has 4 rings (SSSR count). The molecule has 13 nitrogen and oxygen atoms in total. The van der Waals surface area contributed by atoms with Crippen molar-refractivity contribution in [1.29, 1.82) is 0 Å².